The minimum Gasteiger partial charge on any atom is -0.397 e. The van der Waals surface area contributed by atoms with Crippen molar-refractivity contribution in [1.29, 1.82) is 0 Å². The Labute approximate surface area is 151 Å². The SMILES string of the molecule is CCC1CCCCN1C(=O)CCc1ccc(N2CCOCC2)c(N)c1. The Morgan fingerprint density at radius 1 is 1.24 bits per heavy atom. The van der Waals surface area contributed by atoms with Crippen LogP contribution in [0.5, 0.6) is 0 Å². The predicted molar refractivity (Wildman–Crippen MR) is 102 cm³/mol. The largest absolute Gasteiger partial charge is 0.397 e. The van der Waals surface area contributed by atoms with Gasteiger partial charge in [0.25, 0.3) is 0 Å². The molecule has 5 nitrogen and oxygen atoms in total. The summed E-state index contributed by atoms with van der Waals surface area (Å²) in [7, 11) is 0. The highest BCUT2D eigenvalue weighted by Gasteiger charge is 2.24. The van der Waals surface area contributed by atoms with Gasteiger partial charge in [-0.1, -0.05) is 13.0 Å². The topological polar surface area (TPSA) is 58.8 Å². The van der Waals surface area contributed by atoms with Crippen LogP contribution < -0.4 is 10.6 Å². The van der Waals surface area contributed by atoms with Crippen molar-refractivity contribution >= 4 is 17.3 Å². The van der Waals surface area contributed by atoms with Gasteiger partial charge in [-0.05, 0) is 49.8 Å². The minimum absolute atomic E-state index is 0.294. The highest BCUT2D eigenvalue weighted by Crippen LogP contribution is 2.26. The van der Waals surface area contributed by atoms with Gasteiger partial charge in [-0.15, -0.1) is 0 Å². The molecule has 0 aliphatic carbocycles. The average molecular weight is 345 g/mol. The summed E-state index contributed by atoms with van der Waals surface area (Å²) in [6.45, 7) is 6.38. The van der Waals surface area contributed by atoms with Gasteiger partial charge in [0.2, 0.25) is 5.91 Å². The summed E-state index contributed by atoms with van der Waals surface area (Å²) < 4.78 is 5.40. The van der Waals surface area contributed by atoms with Gasteiger partial charge in [0.05, 0.1) is 24.6 Å². The van der Waals surface area contributed by atoms with Gasteiger partial charge in [0.15, 0.2) is 0 Å². The van der Waals surface area contributed by atoms with Crippen molar-refractivity contribution in [3.05, 3.63) is 23.8 Å². The smallest absolute Gasteiger partial charge is 0.223 e. The fourth-order valence-corrected chi connectivity index (χ4v) is 4.00. The third-order valence-corrected chi connectivity index (χ3v) is 5.49. The predicted octanol–water partition coefficient (Wildman–Crippen LogP) is 2.83. The molecule has 0 aromatic heterocycles. The molecule has 1 unspecified atom stereocenters. The minimum atomic E-state index is 0.294. The molecule has 2 heterocycles. The summed E-state index contributed by atoms with van der Waals surface area (Å²) in [5, 5.41) is 0. The van der Waals surface area contributed by atoms with Crippen LogP contribution in [0, 0.1) is 0 Å². The number of nitrogen functional groups attached to an aromatic ring is 1. The molecule has 2 aliphatic rings. The van der Waals surface area contributed by atoms with Gasteiger partial charge in [-0.2, -0.15) is 0 Å². The molecule has 2 N–H and O–H groups in total. The number of likely N-dealkylation sites (tertiary alicyclic amines) is 1. The Morgan fingerprint density at radius 3 is 2.76 bits per heavy atom. The maximum Gasteiger partial charge on any atom is 0.223 e. The second-order valence-corrected chi connectivity index (χ2v) is 7.14. The quantitative estimate of drug-likeness (QED) is 0.834. The fourth-order valence-electron chi connectivity index (χ4n) is 4.00. The first-order valence-corrected chi connectivity index (χ1v) is 9.69. The van der Waals surface area contributed by atoms with E-state index in [1.54, 1.807) is 0 Å². The molecule has 2 fully saturated rings. The number of hydrogen-bond acceptors (Lipinski definition) is 4. The van der Waals surface area contributed by atoms with E-state index in [9.17, 15) is 4.79 Å². The van der Waals surface area contributed by atoms with Crippen LogP contribution in [0.25, 0.3) is 0 Å². The van der Waals surface area contributed by atoms with E-state index < -0.39 is 0 Å². The normalized spacial score (nSPS) is 21.4. The molecule has 1 amide bonds. The van der Waals surface area contributed by atoms with Gasteiger partial charge in [-0.25, -0.2) is 0 Å². The molecule has 138 valence electrons. The van der Waals surface area contributed by atoms with Crippen LogP contribution in [-0.2, 0) is 16.0 Å². The summed E-state index contributed by atoms with van der Waals surface area (Å²) in [6.07, 6.45) is 5.95. The number of amides is 1. The molecule has 2 aliphatic heterocycles. The number of benzene rings is 1. The summed E-state index contributed by atoms with van der Waals surface area (Å²) in [6, 6.07) is 6.68. The molecule has 5 heteroatoms. The number of anilines is 2. The number of carbonyl (C=O) groups excluding carboxylic acids is 1. The number of piperidine rings is 1. The Morgan fingerprint density at radius 2 is 2.04 bits per heavy atom. The summed E-state index contributed by atoms with van der Waals surface area (Å²) in [5.41, 5.74) is 9.30. The first-order chi connectivity index (χ1) is 12.2. The summed E-state index contributed by atoms with van der Waals surface area (Å²) in [4.78, 5) is 17.0. The number of ether oxygens (including phenoxy) is 1. The van der Waals surface area contributed by atoms with Crippen molar-refractivity contribution in [2.75, 3.05) is 43.5 Å². The van der Waals surface area contributed by atoms with Crippen molar-refractivity contribution < 1.29 is 9.53 Å². The van der Waals surface area contributed by atoms with Crippen molar-refractivity contribution in [3.63, 3.8) is 0 Å². The average Bonchev–Trinajstić information content (AvgIpc) is 2.66. The third-order valence-electron chi connectivity index (χ3n) is 5.49. The van der Waals surface area contributed by atoms with Crippen LogP contribution in [0.2, 0.25) is 0 Å². The van der Waals surface area contributed by atoms with Crippen LogP contribution in [0.15, 0.2) is 18.2 Å². The van der Waals surface area contributed by atoms with Crippen LogP contribution in [0.4, 0.5) is 11.4 Å². The highest BCUT2D eigenvalue weighted by molar-refractivity contribution is 5.77. The summed E-state index contributed by atoms with van der Waals surface area (Å²) >= 11 is 0. The maximum absolute atomic E-state index is 12.6. The van der Waals surface area contributed by atoms with Gasteiger partial charge in [0.1, 0.15) is 0 Å². The second-order valence-electron chi connectivity index (χ2n) is 7.14. The zero-order valence-corrected chi connectivity index (χ0v) is 15.4. The van der Waals surface area contributed by atoms with E-state index in [1.807, 2.05) is 6.07 Å². The van der Waals surface area contributed by atoms with Gasteiger partial charge >= 0.3 is 0 Å². The zero-order chi connectivity index (χ0) is 17.6. The zero-order valence-electron chi connectivity index (χ0n) is 15.4. The van der Waals surface area contributed by atoms with Gasteiger partial charge in [-0.3, -0.25) is 4.79 Å². The number of carbonyl (C=O) groups is 1. The van der Waals surface area contributed by atoms with E-state index in [2.05, 4.69) is 28.9 Å². The lowest BCUT2D eigenvalue weighted by Crippen LogP contribution is -2.43. The number of rotatable bonds is 5. The van der Waals surface area contributed by atoms with Gasteiger partial charge < -0.3 is 20.3 Å². The number of nitrogens with two attached hydrogens (primary N) is 1. The Hall–Kier alpha value is -1.75. The van der Waals surface area contributed by atoms with Crippen molar-refractivity contribution in [3.8, 4) is 0 Å². The molecule has 1 atom stereocenters. The monoisotopic (exact) mass is 345 g/mol. The number of hydrogen-bond donors (Lipinski definition) is 1. The fraction of sp³-hybridized carbons (Fsp3) is 0.650. The molecule has 0 radical (unpaired) electrons. The molecular formula is C20H31N3O2. The van der Waals surface area contributed by atoms with Crippen LogP contribution in [0.3, 0.4) is 0 Å². The second kappa shape index (κ2) is 8.56. The van der Waals surface area contributed by atoms with E-state index >= 15 is 0 Å². The molecule has 3 rings (SSSR count). The molecule has 1 aromatic rings. The Balaban J connectivity index is 1.57. The van der Waals surface area contributed by atoms with Crippen molar-refractivity contribution in [1.82, 2.24) is 4.90 Å². The van der Waals surface area contributed by atoms with E-state index in [0.29, 0.717) is 18.4 Å². The van der Waals surface area contributed by atoms with Crippen LogP contribution >= 0.6 is 0 Å². The first-order valence-electron chi connectivity index (χ1n) is 9.69. The van der Waals surface area contributed by atoms with E-state index in [0.717, 1.165) is 75.5 Å². The lowest BCUT2D eigenvalue weighted by molar-refractivity contribution is -0.134. The standard InChI is InChI=1S/C20H31N3O2/c1-2-17-5-3-4-10-23(17)20(24)9-7-16-6-8-19(18(21)15-16)22-11-13-25-14-12-22/h6,8,15,17H,2-5,7,9-14,21H2,1H3. The van der Waals surface area contributed by atoms with Crippen molar-refractivity contribution in [2.24, 2.45) is 0 Å². The molecule has 0 saturated carbocycles. The number of aryl methyl sites for hydroxylation is 1. The van der Waals surface area contributed by atoms with E-state index in [1.165, 1.54) is 6.42 Å². The molecular weight excluding hydrogens is 314 g/mol. The molecule has 0 spiro atoms. The van der Waals surface area contributed by atoms with E-state index in [4.69, 9.17) is 10.5 Å². The lowest BCUT2D eigenvalue weighted by atomic mass is 9.99. The molecule has 1 aromatic carbocycles. The Kier molecular flexibility index (Phi) is 6.19. The van der Waals surface area contributed by atoms with E-state index in [-0.39, 0.29) is 0 Å². The number of morpholine rings is 1. The van der Waals surface area contributed by atoms with Crippen molar-refractivity contribution in [2.45, 2.75) is 51.5 Å². The first kappa shape index (κ1) is 18.1. The molecule has 25 heavy (non-hydrogen) atoms. The Bertz CT molecular complexity index is 584. The van der Waals surface area contributed by atoms with Crippen LogP contribution in [0.1, 0.15) is 44.6 Å². The van der Waals surface area contributed by atoms with Gasteiger partial charge in [0, 0.05) is 32.1 Å². The lowest BCUT2D eigenvalue weighted by Gasteiger charge is -2.35. The molecule has 0 bridgehead atoms. The number of nitrogens with zero attached hydrogens (tertiary/aromatic N) is 2. The molecule has 2 saturated heterocycles. The summed E-state index contributed by atoms with van der Waals surface area (Å²) in [5.74, 6) is 0.294. The highest BCUT2D eigenvalue weighted by atomic mass is 16.5. The van der Waals surface area contributed by atoms with Crippen LogP contribution in [-0.4, -0.2) is 49.7 Å². The maximum atomic E-state index is 12.6. The third kappa shape index (κ3) is 4.46.